The Bertz CT molecular complexity index is 468. The summed E-state index contributed by atoms with van der Waals surface area (Å²) in [4.78, 5) is 15.2. The molecule has 0 radical (unpaired) electrons. The van der Waals surface area contributed by atoms with Gasteiger partial charge in [0.2, 0.25) is 5.91 Å². The van der Waals surface area contributed by atoms with Crippen LogP contribution in [0.1, 0.15) is 24.6 Å². The maximum Gasteiger partial charge on any atom is 0.246 e. The van der Waals surface area contributed by atoms with Gasteiger partial charge in [-0.1, -0.05) is 6.07 Å². The largest absolute Gasteiger partial charge is 0.373 e. The molecule has 0 unspecified atom stereocenters. The van der Waals surface area contributed by atoms with Crippen molar-refractivity contribution in [2.45, 2.75) is 32.0 Å². The molecular weight excluding hydrogens is 258 g/mol. The number of nitrogens with zero attached hydrogens (tertiary/aromatic N) is 1. The number of piperidine rings is 1. The monoisotopic (exact) mass is 277 g/mol. The molecule has 0 aromatic carbocycles. The molecule has 2 aliphatic heterocycles. The predicted molar refractivity (Wildman–Crippen MR) is 77.0 cm³/mol. The first-order valence-corrected chi connectivity index (χ1v) is 7.76. The summed E-state index contributed by atoms with van der Waals surface area (Å²) in [5.41, 5.74) is 0. The van der Waals surface area contributed by atoms with Gasteiger partial charge in [-0.25, -0.2) is 0 Å². The summed E-state index contributed by atoms with van der Waals surface area (Å²) in [5.74, 6) is 0.760. The highest BCUT2D eigenvalue weighted by atomic mass is 32.1. The van der Waals surface area contributed by atoms with Gasteiger partial charge in [0.25, 0.3) is 0 Å². The molecule has 0 saturated carbocycles. The van der Waals surface area contributed by atoms with Gasteiger partial charge in [0.15, 0.2) is 0 Å². The highest BCUT2D eigenvalue weighted by Crippen LogP contribution is 2.32. The quantitative estimate of drug-likeness (QED) is 0.778. The van der Waals surface area contributed by atoms with Crippen LogP contribution in [0.25, 0.3) is 6.08 Å². The van der Waals surface area contributed by atoms with Crippen molar-refractivity contribution < 1.29 is 9.53 Å². The van der Waals surface area contributed by atoms with E-state index < -0.39 is 0 Å². The lowest BCUT2D eigenvalue weighted by molar-refractivity contribution is -0.130. The number of rotatable bonds is 2. The maximum absolute atomic E-state index is 12.2. The summed E-state index contributed by atoms with van der Waals surface area (Å²) >= 11 is 1.65. The highest BCUT2D eigenvalue weighted by molar-refractivity contribution is 7.10. The third-order valence-corrected chi connectivity index (χ3v) is 4.82. The SMILES string of the molecule is C[C@@H]1C[C@H]2CCN(C(=O)/C=C/c3cccs3)C[C@@H]2O1. The van der Waals surface area contributed by atoms with Crippen LogP contribution in [0.3, 0.4) is 0 Å². The first-order valence-electron chi connectivity index (χ1n) is 6.88. The van der Waals surface area contributed by atoms with Crippen molar-refractivity contribution in [3.05, 3.63) is 28.5 Å². The van der Waals surface area contributed by atoms with Crippen LogP contribution in [-0.2, 0) is 9.53 Å². The molecule has 0 aliphatic carbocycles. The van der Waals surface area contributed by atoms with Crippen LogP contribution in [0.15, 0.2) is 23.6 Å². The Hall–Kier alpha value is -1.13. The summed E-state index contributed by atoms with van der Waals surface area (Å²) in [6.45, 7) is 3.74. The fourth-order valence-electron chi connectivity index (χ4n) is 3.01. The fourth-order valence-corrected chi connectivity index (χ4v) is 3.63. The molecule has 3 heterocycles. The van der Waals surface area contributed by atoms with Gasteiger partial charge in [-0.2, -0.15) is 0 Å². The van der Waals surface area contributed by atoms with Gasteiger partial charge >= 0.3 is 0 Å². The van der Waals surface area contributed by atoms with Crippen LogP contribution in [0.2, 0.25) is 0 Å². The van der Waals surface area contributed by atoms with Gasteiger partial charge < -0.3 is 9.64 Å². The summed E-state index contributed by atoms with van der Waals surface area (Å²) in [5, 5.41) is 2.02. The summed E-state index contributed by atoms with van der Waals surface area (Å²) in [6, 6.07) is 4.01. The lowest BCUT2D eigenvalue weighted by atomic mass is 9.92. The number of thiophene rings is 1. The van der Waals surface area contributed by atoms with Crippen molar-refractivity contribution in [1.29, 1.82) is 0 Å². The molecule has 4 heteroatoms. The van der Waals surface area contributed by atoms with Gasteiger partial charge in [-0.3, -0.25) is 4.79 Å². The van der Waals surface area contributed by atoms with E-state index in [-0.39, 0.29) is 12.0 Å². The molecule has 0 spiro atoms. The Kier molecular flexibility index (Phi) is 3.71. The number of likely N-dealkylation sites (tertiary alicyclic amines) is 1. The second-order valence-electron chi connectivity index (χ2n) is 5.40. The number of amides is 1. The van der Waals surface area contributed by atoms with Crippen LogP contribution in [0.5, 0.6) is 0 Å². The Balaban J connectivity index is 1.59. The first-order chi connectivity index (χ1) is 9.22. The molecular formula is C15H19NO2S. The number of ether oxygens (including phenoxy) is 1. The van der Waals surface area contributed by atoms with E-state index in [1.54, 1.807) is 17.4 Å². The van der Waals surface area contributed by atoms with Crippen molar-refractivity contribution in [2.24, 2.45) is 5.92 Å². The lowest BCUT2D eigenvalue weighted by Gasteiger charge is -2.33. The molecule has 3 rings (SSSR count). The smallest absolute Gasteiger partial charge is 0.246 e. The van der Waals surface area contributed by atoms with Crippen LogP contribution in [0.4, 0.5) is 0 Å². The number of hydrogen-bond acceptors (Lipinski definition) is 3. The predicted octanol–water partition coefficient (Wildman–Crippen LogP) is 2.79. The zero-order chi connectivity index (χ0) is 13.2. The van der Waals surface area contributed by atoms with Crippen LogP contribution in [-0.4, -0.2) is 36.1 Å². The van der Waals surface area contributed by atoms with E-state index in [0.29, 0.717) is 12.0 Å². The third kappa shape index (κ3) is 2.90. The zero-order valence-electron chi connectivity index (χ0n) is 11.1. The molecule has 2 saturated heterocycles. The van der Waals surface area contributed by atoms with Crippen molar-refractivity contribution in [1.82, 2.24) is 4.90 Å². The van der Waals surface area contributed by atoms with E-state index in [2.05, 4.69) is 6.92 Å². The standard InChI is InChI=1S/C15H19NO2S/c1-11-9-12-6-7-16(10-14(12)18-11)15(17)5-4-13-3-2-8-19-13/h2-5,8,11-12,14H,6-7,9-10H2,1H3/b5-4+/t11-,12-,14+/m1/s1. The van der Waals surface area contributed by atoms with Crippen LogP contribution in [0, 0.1) is 5.92 Å². The lowest BCUT2D eigenvalue weighted by Crippen LogP contribution is -2.44. The summed E-state index contributed by atoms with van der Waals surface area (Å²) < 4.78 is 5.88. The minimum absolute atomic E-state index is 0.106. The first kappa shape index (κ1) is 12.9. The molecule has 3 nitrogen and oxygen atoms in total. The van der Waals surface area contributed by atoms with E-state index in [1.165, 1.54) is 0 Å². The Morgan fingerprint density at radius 1 is 1.58 bits per heavy atom. The second kappa shape index (κ2) is 5.47. The van der Waals surface area contributed by atoms with E-state index in [0.717, 1.165) is 30.8 Å². The molecule has 1 aromatic heterocycles. The van der Waals surface area contributed by atoms with Gasteiger partial charge in [-0.05, 0) is 43.2 Å². The van der Waals surface area contributed by atoms with Crippen LogP contribution < -0.4 is 0 Å². The van der Waals surface area contributed by atoms with Gasteiger partial charge in [0.1, 0.15) is 0 Å². The molecule has 1 amide bonds. The van der Waals surface area contributed by atoms with Crippen LogP contribution >= 0.6 is 11.3 Å². The maximum atomic E-state index is 12.2. The average Bonchev–Trinajstić information content (AvgIpc) is 3.02. The van der Waals surface area contributed by atoms with Crippen molar-refractivity contribution in [3.8, 4) is 0 Å². The topological polar surface area (TPSA) is 29.5 Å². The molecule has 0 N–H and O–H groups in total. The number of fused-ring (bicyclic) bond motifs is 1. The molecule has 1 aromatic rings. The molecule has 2 aliphatic rings. The average molecular weight is 277 g/mol. The van der Waals surface area contributed by atoms with Gasteiger partial charge in [0.05, 0.1) is 12.2 Å². The fraction of sp³-hybridized carbons (Fsp3) is 0.533. The third-order valence-electron chi connectivity index (χ3n) is 3.98. The van der Waals surface area contributed by atoms with Gasteiger partial charge in [0, 0.05) is 24.0 Å². The number of hydrogen-bond donors (Lipinski definition) is 0. The summed E-state index contributed by atoms with van der Waals surface area (Å²) in [7, 11) is 0. The van der Waals surface area contributed by atoms with E-state index in [4.69, 9.17) is 4.74 Å². The minimum atomic E-state index is 0.106. The summed E-state index contributed by atoms with van der Waals surface area (Å²) in [6.07, 6.45) is 6.42. The molecule has 102 valence electrons. The van der Waals surface area contributed by atoms with Gasteiger partial charge in [-0.15, -0.1) is 11.3 Å². The molecule has 2 fully saturated rings. The van der Waals surface area contributed by atoms with E-state index in [9.17, 15) is 4.79 Å². The molecule has 0 bridgehead atoms. The number of carbonyl (C=O) groups is 1. The minimum Gasteiger partial charge on any atom is -0.373 e. The molecule has 3 atom stereocenters. The normalized spacial score (nSPS) is 30.8. The zero-order valence-corrected chi connectivity index (χ0v) is 11.9. The Morgan fingerprint density at radius 2 is 2.47 bits per heavy atom. The Labute approximate surface area is 117 Å². The Morgan fingerprint density at radius 3 is 3.26 bits per heavy atom. The van der Waals surface area contributed by atoms with Crippen molar-refractivity contribution in [3.63, 3.8) is 0 Å². The van der Waals surface area contributed by atoms with Crippen molar-refractivity contribution in [2.75, 3.05) is 13.1 Å². The van der Waals surface area contributed by atoms with E-state index >= 15 is 0 Å². The van der Waals surface area contributed by atoms with E-state index in [1.807, 2.05) is 28.5 Å². The second-order valence-corrected chi connectivity index (χ2v) is 6.38. The molecule has 19 heavy (non-hydrogen) atoms. The van der Waals surface area contributed by atoms with Crippen molar-refractivity contribution >= 4 is 23.3 Å². The highest BCUT2D eigenvalue weighted by Gasteiger charge is 2.38. The number of carbonyl (C=O) groups excluding carboxylic acids is 1.